The average molecular weight is 386 g/mol. The molecule has 0 saturated carbocycles. The van der Waals surface area contributed by atoms with Crippen LogP contribution in [-0.2, 0) is 13.2 Å². The molecule has 0 aliphatic carbocycles. The third-order valence-electron chi connectivity index (χ3n) is 4.21. The van der Waals surface area contributed by atoms with Gasteiger partial charge in [-0.3, -0.25) is 0 Å². The lowest BCUT2D eigenvalue weighted by Crippen LogP contribution is -2.01. The van der Waals surface area contributed by atoms with E-state index < -0.39 is 0 Å². The fraction of sp³-hybridized carbons (Fsp3) is 0.182. The van der Waals surface area contributed by atoms with E-state index in [-0.39, 0.29) is 0 Å². The Morgan fingerprint density at radius 3 is 2.38 bits per heavy atom. The third-order valence-corrected chi connectivity index (χ3v) is 4.80. The smallest absolute Gasteiger partial charge is 0.119 e. The molecule has 3 rings (SSSR count). The number of rotatable bonds is 6. The Hall–Kier alpha value is -2.16. The van der Waals surface area contributed by atoms with Crippen LogP contribution < -0.4 is 10.1 Å². The first-order valence-electron chi connectivity index (χ1n) is 8.48. The van der Waals surface area contributed by atoms with E-state index >= 15 is 0 Å². The zero-order valence-corrected chi connectivity index (χ0v) is 16.4. The topological polar surface area (TPSA) is 21.3 Å². The summed E-state index contributed by atoms with van der Waals surface area (Å²) in [5.41, 5.74) is 5.78. The zero-order chi connectivity index (χ0) is 18.5. The van der Waals surface area contributed by atoms with Crippen molar-refractivity contribution in [3.05, 3.63) is 93.0 Å². The maximum atomic E-state index is 6.17. The van der Waals surface area contributed by atoms with E-state index in [1.54, 1.807) is 6.07 Å². The van der Waals surface area contributed by atoms with Crippen molar-refractivity contribution < 1.29 is 4.74 Å². The molecule has 0 aliphatic heterocycles. The molecule has 0 radical (unpaired) electrons. The van der Waals surface area contributed by atoms with Gasteiger partial charge in [0.25, 0.3) is 0 Å². The first kappa shape index (κ1) is 18.6. The second kappa shape index (κ2) is 8.48. The summed E-state index contributed by atoms with van der Waals surface area (Å²) >= 11 is 12.1. The number of aryl methyl sites for hydroxylation is 2. The summed E-state index contributed by atoms with van der Waals surface area (Å²) in [5, 5.41) is 4.73. The van der Waals surface area contributed by atoms with Crippen LogP contribution in [-0.4, -0.2) is 0 Å². The molecular formula is C22H21Cl2NO. The van der Waals surface area contributed by atoms with Crippen LogP contribution in [0.15, 0.2) is 60.7 Å². The van der Waals surface area contributed by atoms with Crippen LogP contribution in [0.4, 0.5) is 5.69 Å². The SMILES string of the molecule is Cc1ccc(C)c(NCc2ccc(OCc3ccc(Cl)cc3Cl)cc2)c1. The van der Waals surface area contributed by atoms with E-state index in [1.807, 2.05) is 24.3 Å². The van der Waals surface area contributed by atoms with Gasteiger partial charge in [0.15, 0.2) is 0 Å². The molecule has 4 heteroatoms. The predicted octanol–water partition coefficient (Wildman–Crippen LogP) is 6.80. The van der Waals surface area contributed by atoms with Gasteiger partial charge in [0.1, 0.15) is 12.4 Å². The van der Waals surface area contributed by atoms with E-state index in [9.17, 15) is 0 Å². The van der Waals surface area contributed by atoms with Crippen molar-refractivity contribution in [2.24, 2.45) is 0 Å². The number of benzene rings is 3. The molecule has 0 amide bonds. The van der Waals surface area contributed by atoms with Gasteiger partial charge < -0.3 is 10.1 Å². The molecule has 0 fully saturated rings. The van der Waals surface area contributed by atoms with E-state index in [1.165, 1.54) is 22.4 Å². The van der Waals surface area contributed by atoms with Crippen LogP contribution in [0.3, 0.4) is 0 Å². The lowest BCUT2D eigenvalue weighted by Gasteiger charge is -2.12. The van der Waals surface area contributed by atoms with E-state index in [4.69, 9.17) is 27.9 Å². The molecule has 3 aromatic carbocycles. The standard InChI is InChI=1S/C22H21Cl2NO/c1-15-3-4-16(2)22(11-15)25-13-17-5-9-20(10-6-17)26-14-18-7-8-19(23)12-21(18)24/h3-12,25H,13-14H2,1-2H3. The third kappa shape index (κ3) is 4.94. The second-order valence-corrected chi connectivity index (χ2v) is 7.18. The number of nitrogens with one attached hydrogen (secondary N) is 1. The van der Waals surface area contributed by atoms with Crippen molar-refractivity contribution in [2.45, 2.75) is 27.0 Å². The fourth-order valence-electron chi connectivity index (χ4n) is 2.63. The minimum absolute atomic E-state index is 0.413. The Kier molecular flexibility index (Phi) is 6.08. The van der Waals surface area contributed by atoms with Gasteiger partial charge in [-0.1, -0.05) is 53.5 Å². The Balaban J connectivity index is 1.57. The maximum Gasteiger partial charge on any atom is 0.119 e. The molecule has 0 aliphatic rings. The number of hydrogen-bond donors (Lipinski definition) is 1. The Morgan fingerprint density at radius 1 is 0.885 bits per heavy atom. The largest absolute Gasteiger partial charge is 0.489 e. The zero-order valence-electron chi connectivity index (χ0n) is 14.9. The molecule has 0 atom stereocenters. The highest BCUT2D eigenvalue weighted by molar-refractivity contribution is 6.35. The summed E-state index contributed by atoms with van der Waals surface area (Å²) in [6, 6.07) is 19.9. The van der Waals surface area contributed by atoms with Gasteiger partial charge in [0, 0.05) is 27.8 Å². The first-order chi connectivity index (χ1) is 12.5. The summed E-state index contributed by atoms with van der Waals surface area (Å²) in [6.07, 6.45) is 0. The van der Waals surface area contributed by atoms with Crippen molar-refractivity contribution in [1.82, 2.24) is 0 Å². The summed E-state index contributed by atoms with van der Waals surface area (Å²) in [4.78, 5) is 0. The van der Waals surface area contributed by atoms with Crippen LogP contribution >= 0.6 is 23.2 Å². The fourth-order valence-corrected chi connectivity index (χ4v) is 3.09. The average Bonchev–Trinajstić information content (AvgIpc) is 2.63. The molecule has 134 valence electrons. The molecule has 0 heterocycles. The summed E-state index contributed by atoms with van der Waals surface area (Å²) in [7, 11) is 0. The normalized spacial score (nSPS) is 10.6. The van der Waals surface area contributed by atoms with Crippen molar-refractivity contribution in [3.8, 4) is 5.75 Å². The first-order valence-corrected chi connectivity index (χ1v) is 9.23. The van der Waals surface area contributed by atoms with Crippen LogP contribution in [0.2, 0.25) is 10.0 Å². The molecule has 0 aromatic heterocycles. The van der Waals surface area contributed by atoms with Crippen LogP contribution in [0.25, 0.3) is 0 Å². The highest BCUT2D eigenvalue weighted by Gasteiger charge is 2.03. The minimum atomic E-state index is 0.413. The van der Waals surface area contributed by atoms with Crippen molar-refractivity contribution in [3.63, 3.8) is 0 Å². The molecule has 1 N–H and O–H groups in total. The van der Waals surface area contributed by atoms with Crippen LogP contribution in [0, 0.1) is 13.8 Å². The van der Waals surface area contributed by atoms with Gasteiger partial charge in [-0.15, -0.1) is 0 Å². The molecule has 0 unspecified atom stereocenters. The summed E-state index contributed by atoms with van der Waals surface area (Å²) in [6.45, 7) is 5.40. The van der Waals surface area contributed by atoms with Gasteiger partial charge in [-0.2, -0.15) is 0 Å². The quantitative estimate of drug-likeness (QED) is 0.503. The predicted molar refractivity (Wildman–Crippen MR) is 110 cm³/mol. The van der Waals surface area contributed by atoms with Crippen molar-refractivity contribution >= 4 is 28.9 Å². The van der Waals surface area contributed by atoms with E-state index in [2.05, 4.69) is 49.5 Å². The number of anilines is 1. The molecule has 0 saturated heterocycles. The summed E-state index contributed by atoms with van der Waals surface area (Å²) < 4.78 is 5.82. The highest BCUT2D eigenvalue weighted by atomic mass is 35.5. The summed E-state index contributed by atoms with van der Waals surface area (Å²) in [5.74, 6) is 0.812. The van der Waals surface area contributed by atoms with E-state index in [0.29, 0.717) is 16.7 Å². The van der Waals surface area contributed by atoms with Gasteiger partial charge >= 0.3 is 0 Å². The number of halogens is 2. The van der Waals surface area contributed by atoms with Crippen molar-refractivity contribution in [2.75, 3.05) is 5.32 Å². The van der Waals surface area contributed by atoms with Gasteiger partial charge in [0.2, 0.25) is 0 Å². The highest BCUT2D eigenvalue weighted by Crippen LogP contribution is 2.23. The van der Waals surface area contributed by atoms with Gasteiger partial charge in [0.05, 0.1) is 0 Å². The lowest BCUT2D eigenvalue weighted by atomic mass is 10.1. The molecule has 26 heavy (non-hydrogen) atoms. The molecule has 0 spiro atoms. The monoisotopic (exact) mass is 385 g/mol. The second-order valence-electron chi connectivity index (χ2n) is 6.34. The Morgan fingerprint density at radius 2 is 1.65 bits per heavy atom. The Bertz CT molecular complexity index is 891. The maximum absolute atomic E-state index is 6.17. The molecule has 2 nitrogen and oxygen atoms in total. The Labute approximate surface area is 164 Å². The number of ether oxygens (including phenoxy) is 1. The van der Waals surface area contributed by atoms with E-state index in [0.717, 1.165) is 17.9 Å². The van der Waals surface area contributed by atoms with Gasteiger partial charge in [-0.25, -0.2) is 0 Å². The molecular weight excluding hydrogens is 365 g/mol. The molecule has 0 bridgehead atoms. The van der Waals surface area contributed by atoms with Crippen molar-refractivity contribution in [1.29, 1.82) is 0 Å². The van der Waals surface area contributed by atoms with Crippen LogP contribution in [0.1, 0.15) is 22.3 Å². The van der Waals surface area contributed by atoms with Crippen LogP contribution in [0.5, 0.6) is 5.75 Å². The number of hydrogen-bond acceptors (Lipinski definition) is 2. The van der Waals surface area contributed by atoms with Gasteiger partial charge in [-0.05, 0) is 60.9 Å². The molecule has 3 aromatic rings. The minimum Gasteiger partial charge on any atom is -0.489 e. The lowest BCUT2D eigenvalue weighted by molar-refractivity contribution is 0.306.